The zero-order chi connectivity index (χ0) is 9.10. The third-order valence-electron chi connectivity index (χ3n) is 2.06. The molecule has 2 rings (SSSR count). The lowest BCUT2D eigenvalue weighted by Crippen LogP contribution is -2.18. The number of hydrogen-bond donors (Lipinski definition) is 0. The molecule has 0 saturated carbocycles. The van der Waals surface area contributed by atoms with E-state index in [2.05, 4.69) is 0 Å². The standard InChI is InChI=1S/C11H10O2/c12-10-6-7-13-11(10)8-9-4-2-1-3-5-9/h1-7,11H,8H2/t11-/m1/s1. The van der Waals surface area contributed by atoms with Crippen molar-refractivity contribution in [2.45, 2.75) is 12.5 Å². The van der Waals surface area contributed by atoms with E-state index in [4.69, 9.17) is 4.74 Å². The van der Waals surface area contributed by atoms with Gasteiger partial charge in [0.2, 0.25) is 0 Å². The van der Waals surface area contributed by atoms with Gasteiger partial charge in [-0.15, -0.1) is 0 Å². The molecule has 2 heteroatoms. The Hall–Kier alpha value is -1.57. The zero-order valence-electron chi connectivity index (χ0n) is 7.14. The van der Waals surface area contributed by atoms with Crippen LogP contribution in [-0.2, 0) is 16.0 Å². The molecule has 0 amide bonds. The Morgan fingerprint density at radius 2 is 2.00 bits per heavy atom. The minimum Gasteiger partial charge on any atom is -0.489 e. The van der Waals surface area contributed by atoms with E-state index in [0.29, 0.717) is 6.42 Å². The molecule has 1 aliphatic heterocycles. The van der Waals surface area contributed by atoms with Gasteiger partial charge in [0.1, 0.15) is 0 Å². The summed E-state index contributed by atoms with van der Waals surface area (Å²) in [6, 6.07) is 9.87. The minimum atomic E-state index is -0.303. The van der Waals surface area contributed by atoms with Crippen molar-refractivity contribution in [3.05, 3.63) is 48.2 Å². The second-order valence-corrected chi connectivity index (χ2v) is 3.02. The summed E-state index contributed by atoms with van der Waals surface area (Å²) in [7, 11) is 0. The van der Waals surface area contributed by atoms with Crippen molar-refractivity contribution >= 4 is 5.78 Å². The van der Waals surface area contributed by atoms with Crippen molar-refractivity contribution in [2.75, 3.05) is 0 Å². The van der Waals surface area contributed by atoms with E-state index in [1.807, 2.05) is 30.3 Å². The summed E-state index contributed by atoms with van der Waals surface area (Å²) < 4.78 is 5.14. The molecule has 1 aromatic rings. The number of rotatable bonds is 2. The molecular formula is C11H10O2. The van der Waals surface area contributed by atoms with Crippen molar-refractivity contribution in [2.24, 2.45) is 0 Å². The van der Waals surface area contributed by atoms with E-state index >= 15 is 0 Å². The lowest BCUT2D eigenvalue weighted by molar-refractivity contribution is -0.120. The molecule has 1 heterocycles. The van der Waals surface area contributed by atoms with Gasteiger partial charge in [-0.2, -0.15) is 0 Å². The Balaban J connectivity index is 2.03. The second-order valence-electron chi connectivity index (χ2n) is 3.02. The van der Waals surface area contributed by atoms with Crippen molar-refractivity contribution in [3.63, 3.8) is 0 Å². The molecule has 13 heavy (non-hydrogen) atoms. The van der Waals surface area contributed by atoms with Crippen LogP contribution in [0, 0.1) is 0 Å². The highest BCUT2D eigenvalue weighted by Gasteiger charge is 2.20. The van der Waals surface area contributed by atoms with Gasteiger partial charge in [0.15, 0.2) is 11.9 Å². The van der Waals surface area contributed by atoms with Crippen LogP contribution in [0.1, 0.15) is 5.56 Å². The fraction of sp³-hybridized carbons (Fsp3) is 0.182. The van der Waals surface area contributed by atoms with Gasteiger partial charge in [-0.1, -0.05) is 30.3 Å². The first kappa shape index (κ1) is 8.05. The SMILES string of the molecule is O=C1C=CO[C@@H]1Cc1ccccc1. The molecule has 0 spiro atoms. The summed E-state index contributed by atoms with van der Waals surface area (Å²) in [6.45, 7) is 0. The molecule has 0 N–H and O–H groups in total. The van der Waals surface area contributed by atoms with Gasteiger partial charge in [0.05, 0.1) is 6.26 Å². The van der Waals surface area contributed by atoms with Gasteiger partial charge >= 0.3 is 0 Å². The first-order valence-electron chi connectivity index (χ1n) is 4.26. The average Bonchev–Trinajstić information content (AvgIpc) is 2.54. The third-order valence-corrected chi connectivity index (χ3v) is 2.06. The number of benzene rings is 1. The van der Waals surface area contributed by atoms with Crippen LogP contribution >= 0.6 is 0 Å². The molecule has 0 fully saturated rings. The van der Waals surface area contributed by atoms with Crippen LogP contribution in [0.2, 0.25) is 0 Å². The Kier molecular flexibility index (Phi) is 2.13. The number of ether oxygens (including phenoxy) is 1. The van der Waals surface area contributed by atoms with Crippen molar-refractivity contribution in [1.82, 2.24) is 0 Å². The Bertz CT molecular complexity index is 327. The van der Waals surface area contributed by atoms with E-state index in [1.54, 1.807) is 0 Å². The lowest BCUT2D eigenvalue weighted by atomic mass is 10.1. The molecular weight excluding hydrogens is 164 g/mol. The molecule has 0 radical (unpaired) electrons. The minimum absolute atomic E-state index is 0.0591. The molecule has 0 unspecified atom stereocenters. The first-order valence-corrected chi connectivity index (χ1v) is 4.26. The largest absolute Gasteiger partial charge is 0.489 e. The highest BCUT2D eigenvalue weighted by Crippen LogP contribution is 2.11. The lowest BCUT2D eigenvalue weighted by Gasteiger charge is -2.07. The molecule has 0 bridgehead atoms. The Morgan fingerprint density at radius 1 is 1.23 bits per heavy atom. The summed E-state index contributed by atoms with van der Waals surface area (Å²) in [5.41, 5.74) is 1.13. The second kappa shape index (κ2) is 3.44. The van der Waals surface area contributed by atoms with Crippen LogP contribution < -0.4 is 0 Å². The normalized spacial score (nSPS) is 20.3. The molecule has 2 nitrogen and oxygen atoms in total. The maximum absolute atomic E-state index is 11.2. The summed E-state index contributed by atoms with van der Waals surface area (Å²) in [6.07, 6.45) is 3.30. The van der Waals surface area contributed by atoms with E-state index in [9.17, 15) is 4.79 Å². The van der Waals surface area contributed by atoms with Crippen LogP contribution in [-0.4, -0.2) is 11.9 Å². The van der Waals surface area contributed by atoms with Gasteiger partial charge in [-0.05, 0) is 5.56 Å². The fourth-order valence-electron chi connectivity index (χ4n) is 1.35. The smallest absolute Gasteiger partial charge is 0.199 e. The molecule has 1 atom stereocenters. The molecule has 0 aliphatic carbocycles. The van der Waals surface area contributed by atoms with Gasteiger partial charge in [0.25, 0.3) is 0 Å². The van der Waals surface area contributed by atoms with Crippen LogP contribution in [0.15, 0.2) is 42.7 Å². The van der Waals surface area contributed by atoms with Gasteiger partial charge in [-0.25, -0.2) is 0 Å². The number of carbonyl (C=O) groups excluding carboxylic acids is 1. The van der Waals surface area contributed by atoms with Crippen LogP contribution in [0.3, 0.4) is 0 Å². The third kappa shape index (κ3) is 1.78. The van der Waals surface area contributed by atoms with Gasteiger partial charge in [-0.3, -0.25) is 4.79 Å². The maximum Gasteiger partial charge on any atom is 0.199 e. The quantitative estimate of drug-likeness (QED) is 0.682. The number of hydrogen-bond acceptors (Lipinski definition) is 2. The first-order chi connectivity index (χ1) is 6.36. The van der Waals surface area contributed by atoms with E-state index in [0.717, 1.165) is 5.56 Å². The van der Waals surface area contributed by atoms with Crippen LogP contribution in [0.4, 0.5) is 0 Å². The summed E-state index contributed by atoms with van der Waals surface area (Å²) in [4.78, 5) is 11.2. The van der Waals surface area contributed by atoms with Crippen molar-refractivity contribution < 1.29 is 9.53 Å². The van der Waals surface area contributed by atoms with Gasteiger partial charge < -0.3 is 4.74 Å². The van der Waals surface area contributed by atoms with E-state index in [1.165, 1.54) is 12.3 Å². The predicted octanol–water partition coefficient (Wildman–Crippen LogP) is 1.71. The molecule has 1 aromatic carbocycles. The number of carbonyl (C=O) groups is 1. The topological polar surface area (TPSA) is 26.3 Å². The predicted molar refractivity (Wildman–Crippen MR) is 49.2 cm³/mol. The fourth-order valence-corrected chi connectivity index (χ4v) is 1.35. The Morgan fingerprint density at radius 3 is 2.62 bits per heavy atom. The average molecular weight is 174 g/mol. The van der Waals surface area contributed by atoms with E-state index < -0.39 is 0 Å². The van der Waals surface area contributed by atoms with Gasteiger partial charge in [0, 0.05) is 12.5 Å². The van der Waals surface area contributed by atoms with E-state index in [-0.39, 0.29) is 11.9 Å². The summed E-state index contributed by atoms with van der Waals surface area (Å²) in [5, 5.41) is 0. The van der Waals surface area contributed by atoms with Crippen LogP contribution in [0.25, 0.3) is 0 Å². The van der Waals surface area contributed by atoms with Crippen molar-refractivity contribution in [1.29, 1.82) is 0 Å². The Labute approximate surface area is 76.8 Å². The monoisotopic (exact) mass is 174 g/mol. The van der Waals surface area contributed by atoms with Crippen LogP contribution in [0.5, 0.6) is 0 Å². The molecule has 1 aliphatic rings. The highest BCUT2D eigenvalue weighted by molar-refractivity contribution is 5.95. The zero-order valence-corrected chi connectivity index (χ0v) is 7.14. The highest BCUT2D eigenvalue weighted by atomic mass is 16.5. The van der Waals surface area contributed by atoms with Crippen molar-refractivity contribution in [3.8, 4) is 0 Å². The number of ketones is 1. The summed E-state index contributed by atoms with van der Waals surface area (Å²) >= 11 is 0. The summed E-state index contributed by atoms with van der Waals surface area (Å²) in [5.74, 6) is 0.0591. The molecule has 0 aromatic heterocycles. The molecule has 66 valence electrons. The molecule has 0 saturated heterocycles. The maximum atomic E-state index is 11.2.